The van der Waals surface area contributed by atoms with Gasteiger partial charge in [0, 0.05) is 36.7 Å². The summed E-state index contributed by atoms with van der Waals surface area (Å²) in [5.74, 6) is -2.36. The van der Waals surface area contributed by atoms with Crippen molar-refractivity contribution in [2.24, 2.45) is 0 Å². The number of H-pyrrole nitrogens is 1. The molecular weight excluding hydrogens is 364 g/mol. The van der Waals surface area contributed by atoms with Crippen LogP contribution in [-0.2, 0) is 0 Å². The molecule has 0 aliphatic heterocycles. The van der Waals surface area contributed by atoms with Gasteiger partial charge in [-0.1, -0.05) is 0 Å². The van der Waals surface area contributed by atoms with E-state index in [1.54, 1.807) is 32.3 Å². The number of rotatable bonds is 3. The first-order valence-corrected chi connectivity index (χ1v) is 8.71. The second-order valence-corrected chi connectivity index (χ2v) is 6.73. The quantitative estimate of drug-likeness (QED) is 0.585. The summed E-state index contributed by atoms with van der Waals surface area (Å²) in [4.78, 5) is 29.0. The molecule has 142 valence electrons. The average molecular weight is 381 g/mol. The predicted molar refractivity (Wildman–Crippen MR) is 102 cm³/mol. The zero-order valence-electron chi connectivity index (χ0n) is 15.2. The molecule has 0 saturated carbocycles. The number of aromatic amines is 1. The lowest BCUT2D eigenvalue weighted by molar-refractivity contribution is 0.0743. The van der Waals surface area contributed by atoms with Crippen LogP contribution in [0.5, 0.6) is 0 Å². The van der Waals surface area contributed by atoms with Gasteiger partial charge < -0.3 is 14.3 Å². The van der Waals surface area contributed by atoms with Crippen molar-refractivity contribution in [3.8, 4) is 0 Å². The molecule has 0 aliphatic carbocycles. The summed E-state index contributed by atoms with van der Waals surface area (Å²) in [5.41, 5.74) is 1.40. The Bertz CT molecular complexity index is 1280. The number of hydrogen-bond donors (Lipinski definition) is 1. The van der Waals surface area contributed by atoms with Gasteiger partial charge >= 0.3 is 0 Å². The molecule has 0 fully saturated rings. The zero-order chi connectivity index (χ0) is 20.0. The van der Waals surface area contributed by atoms with Crippen LogP contribution in [0.3, 0.4) is 0 Å². The molecule has 0 saturated heterocycles. The molecule has 0 radical (unpaired) electrons. The lowest BCUT2D eigenvalue weighted by atomic mass is 10.0. The van der Waals surface area contributed by atoms with E-state index >= 15 is 0 Å². The number of carbonyl (C=O) groups is 1. The predicted octanol–water partition coefficient (Wildman–Crippen LogP) is 3.89. The third-order valence-electron chi connectivity index (χ3n) is 5.10. The van der Waals surface area contributed by atoms with Gasteiger partial charge in [-0.25, -0.2) is 8.78 Å². The van der Waals surface area contributed by atoms with Gasteiger partial charge in [-0.3, -0.25) is 9.59 Å². The number of pyridine rings is 2. The molecule has 1 unspecified atom stereocenters. The Balaban J connectivity index is 1.75. The molecule has 3 heterocycles. The maximum atomic E-state index is 13.8. The molecule has 7 heteroatoms. The van der Waals surface area contributed by atoms with Crippen LogP contribution in [0.1, 0.15) is 28.9 Å². The number of nitrogens with zero attached hydrogens (tertiary/aromatic N) is 2. The number of aromatic nitrogens is 2. The Hall–Kier alpha value is -3.48. The van der Waals surface area contributed by atoms with Gasteiger partial charge in [0.15, 0.2) is 11.6 Å². The number of carbonyl (C=O) groups excluding carboxylic acids is 1. The molecule has 1 aromatic carbocycles. The standard InChI is InChI=1S/C21H17F2N3O2/c1-12(17-11-24-20(27)16-10-19(23)18(22)9-15(16)17)25(2)21(28)13-5-7-26-6-3-4-14(26)8-13/h3-12H,1-2H3,(H,24,27). The van der Waals surface area contributed by atoms with Crippen LogP contribution in [0.15, 0.2) is 59.8 Å². The normalized spacial score (nSPS) is 12.4. The topological polar surface area (TPSA) is 57.6 Å². The number of nitrogens with one attached hydrogen (secondary N) is 1. The molecule has 4 aromatic rings. The van der Waals surface area contributed by atoms with Gasteiger partial charge in [-0.05, 0) is 54.3 Å². The van der Waals surface area contributed by atoms with Crippen LogP contribution < -0.4 is 5.56 Å². The van der Waals surface area contributed by atoms with Crippen molar-refractivity contribution in [2.45, 2.75) is 13.0 Å². The van der Waals surface area contributed by atoms with Crippen molar-refractivity contribution in [1.29, 1.82) is 0 Å². The van der Waals surface area contributed by atoms with Gasteiger partial charge in [-0.15, -0.1) is 0 Å². The van der Waals surface area contributed by atoms with Crippen LogP contribution in [0, 0.1) is 11.6 Å². The molecule has 1 amide bonds. The van der Waals surface area contributed by atoms with Crippen molar-refractivity contribution in [3.63, 3.8) is 0 Å². The summed E-state index contributed by atoms with van der Waals surface area (Å²) in [5, 5.41) is 0.315. The van der Waals surface area contributed by atoms with Gasteiger partial charge in [0.25, 0.3) is 11.5 Å². The molecule has 4 rings (SSSR count). The number of benzene rings is 1. The molecule has 0 bridgehead atoms. The smallest absolute Gasteiger partial charge is 0.255 e. The second-order valence-electron chi connectivity index (χ2n) is 6.73. The highest BCUT2D eigenvalue weighted by Gasteiger charge is 2.22. The number of halogens is 2. The third kappa shape index (κ3) is 2.85. The molecule has 28 heavy (non-hydrogen) atoms. The molecule has 5 nitrogen and oxygen atoms in total. The van der Waals surface area contributed by atoms with Crippen molar-refractivity contribution < 1.29 is 13.6 Å². The van der Waals surface area contributed by atoms with Crippen molar-refractivity contribution in [1.82, 2.24) is 14.3 Å². The van der Waals surface area contributed by atoms with E-state index in [1.807, 2.05) is 22.7 Å². The molecular formula is C21H17F2N3O2. The highest BCUT2D eigenvalue weighted by atomic mass is 19.2. The Morgan fingerprint density at radius 1 is 1.11 bits per heavy atom. The summed E-state index contributed by atoms with van der Waals surface area (Å²) in [6, 6.07) is 8.67. The molecule has 1 atom stereocenters. The van der Waals surface area contributed by atoms with E-state index in [1.165, 1.54) is 11.1 Å². The summed E-state index contributed by atoms with van der Waals surface area (Å²) in [7, 11) is 1.63. The van der Waals surface area contributed by atoms with E-state index < -0.39 is 23.2 Å². The van der Waals surface area contributed by atoms with E-state index in [0.717, 1.165) is 17.6 Å². The van der Waals surface area contributed by atoms with Crippen molar-refractivity contribution >= 4 is 22.2 Å². The minimum Gasteiger partial charge on any atom is -0.335 e. The highest BCUT2D eigenvalue weighted by molar-refractivity contribution is 5.96. The summed E-state index contributed by atoms with van der Waals surface area (Å²) in [6.07, 6.45) is 5.12. The monoisotopic (exact) mass is 381 g/mol. The first-order valence-electron chi connectivity index (χ1n) is 8.71. The first kappa shape index (κ1) is 17.9. The first-order chi connectivity index (χ1) is 13.4. The molecule has 3 aromatic heterocycles. The Labute approximate surface area is 158 Å². The molecule has 0 spiro atoms. The zero-order valence-corrected chi connectivity index (χ0v) is 15.2. The van der Waals surface area contributed by atoms with E-state index in [4.69, 9.17) is 0 Å². The maximum Gasteiger partial charge on any atom is 0.255 e. The fourth-order valence-electron chi connectivity index (χ4n) is 3.37. The fourth-order valence-corrected chi connectivity index (χ4v) is 3.37. The average Bonchev–Trinajstić information content (AvgIpc) is 3.16. The Kier molecular flexibility index (Phi) is 4.22. The summed E-state index contributed by atoms with van der Waals surface area (Å²) < 4.78 is 29.3. The largest absolute Gasteiger partial charge is 0.335 e. The van der Waals surface area contributed by atoms with Crippen LogP contribution in [0.2, 0.25) is 0 Å². The van der Waals surface area contributed by atoms with Crippen molar-refractivity contribution in [3.05, 3.63) is 88.1 Å². The Morgan fingerprint density at radius 3 is 2.57 bits per heavy atom. The lowest BCUT2D eigenvalue weighted by Gasteiger charge is -2.26. The maximum absolute atomic E-state index is 13.8. The van der Waals surface area contributed by atoms with Gasteiger partial charge in [0.1, 0.15) is 0 Å². The highest BCUT2D eigenvalue weighted by Crippen LogP contribution is 2.28. The second kappa shape index (κ2) is 6.60. The number of amides is 1. The van der Waals surface area contributed by atoms with Crippen molar-refractivity contribution in [2.75, 3.05) is 7.05 Å². The van der Waals surface area contributed by atoms with Gasteiger partial charge in [0.05, 0.1) is 11.4 Å². The van der Waals surface area contributed by atoms with E-state index in [-0.39, 0.29) is 16.7 Å². The number of fused-ring (bicyclic) bond motifs is 2. The van der Waals surface area contributed by atoms with E-state index in [9.17, 15) is 18.4 Å². The fraction of sp³-hybridized carbons (Fsp3) is 0.143. The Morgan fingerprint density at radius 2 is 1.82 bits per heavy atom. The summed E-state index contributed by atoms with van der Waals surface area (Å²) in [6.45, 7) is 1.77. The third-order valence-corrected chi connectivity index (χ3v) is 5.10. The van der Waals surface area contributed by atoms with E-state index in [2.05, 4.69) is 4.98 Å². The minimum absolute atomic E-state index is 0.0405. The van der Waals surface area contributed by atoms with Crippen LogP contribution in [-0.4, -0.2) is 27.2 Å². The summed E-state index contributed by atoms with van der Waals surface area (Å²) >= 11 is 0. The minimum atomic E-state index is -1.09. The van der Waals surface area contributed by atoms with Gasteiger partial charge in [0.2, 0.25) is 0 Å². The van der Waals surface area contributed by atoms with E-state index in [0.29, 0.717) is 11.1 Å². The molecule has 1 N–H and O–H groups in total. The lowest BCUT2D eigenvalue weighted by Crippen LogP contribution is -2.30. The number of hydrogen-bond acceptors (Lipinski definition) is 2. The molecule has 0 aliphatic rings. The van der Waals surface area contributed by atoms with Crippen LogP contribution >= 0.6 is 0 Å². The van der Waals surface area contributed by atoms with Crippen LogP contribution in [0.25, 0.3) is 16.3 Å². The van der Waals surface area contributed by atoms with Gasteiger partial charge in [-0.2, -0.15) is 0 Å². The SMILES string of the molecule is CC(c1c[nH]c(=O)c2cc(F)c(F)cc12)N(C)C(=O)c1ccn2cccc2c1. The van der Waals surface area contributed by atoms with Crippen LogP contribution in [0.4, 0.5) is 8.78 Å².